The lowest BCUT2D eigenvalue weighted by Crippen LogP contribution is -2.30. The molecule has 80 heavy (non-hydrogen) atoms. The van der Waals surface area contributed by atoms with Crippen molar-refractivity contribution < 1.29 is 28.6 Å². The Morgan fingerprint density at radius 1 is 0.250 bits per heavy atom. The Balaban J connectivity index is 4.06. The quantitative estimate of drug-likeness (QED) is 0.0261. The lowest BCUT2D eigenvalue weighted by atomic mass is 10.0. The second-order valence-electron chi connectivity index (χ2n) is 24.5. The fourth-order valence-electron chi connectivity index (χ4n) is 10.9. The highest BCUT2D eigenvalue weighted by Gasteiger charge is 2.19. The second kappa shape index (κ2) is 69.1. The van der Waals surface area contributed by atoms with E-state index in [0.29, 0.717) is 19.3 Å². The minimum absolute atomic E-state index is 0.0765. The molecule has 0 aromatic rings. The van der Waals surface area contributed by atoms with Gasteiger partial charge in [-0.05, 0) is 70.6 Å². The minimum Gasteiger partial charge on any atom is -0.462 e. The van der Waals surface area contributed by atoms with Crippen molar-refractivity contribution in [3.63, 3.8) is 0 Å². The van der Waals surface area contributed by atoms with Gasteiger partial charge in [-0.2, -0.15) is 0 Å². The summed E-state index contributed by atoms with van der Waals surface area (Å²) in [6, 6.07) is 0. The molecule has 0 saturated heterocycles. The topological polar surface area (TPSA) is 78.9 Å². The molecular formula is C74H138O6. The third-order valence-corrected chi connectivity index (χ3v) is 16.4. The summed E-state index contributed by atoms with van der Waals surface area (Å²) in [5.74, 6) is -0.876. The van der Waals surface area contributed by atoms with Crippen molar-refractivity contribution in [3.8, 4) is 0 Å². The fourth-order valence-corrected chi connectivity index (χ4v) is 10.9. The van der Waals surface area contributed by atoms with Crippen LogP contribution in [0, 0.1) is 0 Å². The molecule has 6 heteroatoms. The van der Waals surface area contributed by atoms with Crippen LogP contribution < -0.4 is 0 Å². The largest absolute Gasteiger partial charge is 0.462 e. The van der Waals surface area contributed by atoms with Gasteiger partial charge in [-0.15, -0.1) is 0 Å². The second-order valence-corrected chi connectivity index (χ2v) is 24.5. The minimum atomic E-state index is -0.781. The van der Waals surface area contributed by atoms with Gasteiger partial charge in [-0.1, -0.05) is 346 Å². The third-order valence-electron chi connectivity index (χ3n) is 16.4. The van der Waals surface area contributed by atoms with Crippen LogP contribution in [0.25, 0.3) is 0 Å². The number of carbonyl (C=O) groups excluding carboxylic acids is 3. The van der Waals surface area contributed by atoms with Gasteiger partial charge in [0.1, 0.15) is 13.2 Å². The van der Waals surface area contributed by atoms with Crippen LogP contribution in [0.4, 0.5) is 0 Å². The van der Waals surface area contributed by atoms with Crippen molar-refractivity contribution in [1.29, 1.82) is 0 Å². The Morgan fingerprint density at radius 2 is 0.463 bits per heavy atom. The Bertz CT molecular complexity index is 1340. The van der Waals surface area contributed by atoms with E-state index in [9.17, 15) is 14.4 Å². The lowest BCUT2D eigenvalue weighted by Gasteiger charge is -2.18. The molecule has 0 bridgehead atoms. The van der Waals surface area contributed by atoms with Gasteiger partial charge in [0, 0.05) is 19.3 Å². The molecule has 0 aliphatic rings. The zero-order valence-electron chi connectivity index (χ0n) is 54.1. The number of unbranched alkanes of at least 4 members (excludes halogenated alkanes) is 50. The summed E-state index contributed by atoms with van der Waals surface area (Å²) in [7, 11) is 0. The highest BCUT2D eigenvalue weighted by Crippen LogP contribution is 2.19. The molecule has 1 atom stereocenters. The highest BCUT2D eigenvalue weighted by atomic mass is 16.6. The van der Waals surface area contributed by atoms with Gasteiger partial charge in [0.2, 0.25) is 0 Å². The fraction of sp³-hybridized carbons (Fsp3) is 0.878. The molecule has 0 aliphatic carbocycles. The molecule has 0 aliphatic heterocycles. The molecule has 0 aromatic carbocycles. The van der Waals surface area contributed by atoms with Crippen molar-refractivity contribution in [2.75, 3.05) is 13.2 Å². The van der Waals surface area contributed by atoms with Gasteiger partial charge in [-0.3, -0.25) is 14.4 Å². The monoisotopic (exact) mass is 1120 g/mol. The highest BCUT2D eigenvalue weighted by molar-refractivity contribution is 5.71. The van der Waals surface area contributed by atoms with Crippen molar-refractivity contribution >= 4 is 17.9 Å². The summed E-state index contributed by atoms with van der Waals surface area (Å²) in [4.78, 5) is 38.3. The molecule has 0 N–H and O–H groups in total. The number of allylic oxidation sites excluding steroid dienone is 6. The van der Waals surface area contributed by atoms with Crippen molar-refractivity contribution in [2.45, 2.75) is 406 Å². The van der Waals surface area contributed by atoms with Crippen molar-refractivity contribution in [1.82, 2.24) is 0 Å². The van der Waals surface area contributed by atoms with E-state index in [1.165, 1.54) is 270 Å². The van der Waals surface area contributed by atoms with E-state index < -0.39 is 6.10 Å². The molecular weight excluding hydrogens is 985 g/mol. The summed E-state index contributed by atoms with van der Waals surface area (Å²) < 4.78 is 16.9. The predicted molar refractivity (Wildman–Crippen MR) is 349 cm³/mol. The molecule has 0 heterocycles. The average molecular weight is 1120 g/mol. The van der Waals surface area contributed by atoms with Crippen LogP contribution in [-0.4, -0.2) is 37.2 Å². The molecule has 0 radical (unpaired) electrons. The van der Waals surface area contributed by atoms with Crippen LogP contribution in [0.5, 0.6) is 0 Å². The lowest BCUT2D eigenvalue weighted by molar-refractivity contribution is -0.167. The van der Waals surface area contributed by atoms with E-state index in [0.717, 1.165) is 89.9 Å². The Morgan fingerprint density at radius 3 is 0.738 bits per heavy atom. The van der Waals surface area contributed by atoms with E-state index in [-0.39, 0.29) is 31.1 Å². The van der Waals surface area contributed by atoms with Gasteiger partial charge in [0.05, 0.1) is 0 Å². The van der Waals surface area contributed by atoms with E-state index in [1.807, 2.05) is 0 Å². The van der Waals surface area contributed by atoms with E-state index in [4.69, 9.17) is 14.2 Å². The number of ether oxygens (including phenoxy) is 3. The number of esters is 3. The smallest absolute Gasteiger partial charge is 0.306 e. The van der Waals surface area contributed by atoms with Crippen LogP contribution in [0.3, 0.4) is 0 Å². The Labute approximate surface area is 499 Å². The van der Waals surface area contributed by atoms with Gasteiger partial charge in [0.25, 0.3) is 0 Å². The van der Waals surface area contributed by atoms with Crippen molar-refractivity contribution in [3.05, 3.63) is 36.5 Å². The number of hydrogen-bond donors (Lipinski definition) is 0. The molecule has 1 unspecified atom stereocenters. The van der Waals surface area contributed by atoms with Gasteiger partial charge in [-0.25, -0.2) is 0 Å². The van der Waals surface area contributed by atoms with Crippen LogP contribution in [-0.2, 0) is 28.6 Å². The third kappa shape index (κ3) is 66.4. The van der Waals surface area contributed by atoms with Crippen molar-refractivity contribution in [2.24, 2.45) is 0 Å². The molecule has 0 rings (SSSR count). The predicted octanol–water partition coefficient (Wildman–Crippen LogP) is 24.7. The molecule has 0 amide bonds. The summed E-state index contributed by atoms with van der Waals surface area (Å²) in [6.45, 7) is 6.63. The maximum atomic E-state index is 12.9. The van der Waals surface area contributed by atoms with E-state index >= 15 is 0 Å². The first-order valence-corrected chi connectivity index (χ1v) is 36.0. The Kier molecular flexibility index (Phi) is 67.1. The summed E-state index contributed by atoms with van der Waals surface area (Å²) in [5, 5.41) is 0. The van der Waals surface area contributed by atoms with Gasteiger partial charge in [0.15, 0.2) is 6.10 Å². The van der Waals surface area contributed by atoms with Crippen LogP contribution in [0.15, 0.2) is 36.5 Å². The first-order chi connectivity index (χ1) is 39.5. The van der Waals surface area contributed by atoms with E-state index in [2.05, 4.69) is 57.2 Å². The normalized spacial score (nSPS) is 12.2. The van der Waals surface area contributed by atoms with Gasteiger partial charge >= 0.3 is 17.9 Å². The maximum absolute atomic E-state index is 12.9. The first kappa shape index (κ1) is 77.6. The first-order valence-electron chi connectivity index (χ1n) is 36.0. The summed E-state index contributed by atoms with van der Waals surface area (Å²) >= 11 is 0. The van der Waals surface area contributed by atoms with Crippen LogP contribution in [0.1, 0.15) is 400 Å². The molecule has 470 valence electrons. The molecule has 6 nitrogen and oxygen atoms in total. The summed E-state index contributed by atoms with van der Waals surface area (Å²) in [5.41, 5.74) is 0. The number of carbonyl (C=O) groups is 3. The number of rotatable bonds is 67. The van der Waals surface area contributed by atoms with Crippen LogP contribution in [0.2, 0.25) is 0 Å². The SMILES string of the molecule is CCCC/C=C\C/C=C\CCCCCCCC(=O)OC(COC(=O)CCCCCCC/C=C\CCCCCCC)COC(=O)CCCCCCCCCCCCCCCCCCCCCCCCCCCCCCCCCCCC. The Hall–Kier alpha value is -2.37. The molecule has 0 spiro atoms. The molecule has 0 saturated carbocycles. The number of hydrogen-bond acceptors (Lipinski definition) is 6. The van der Waals surface area contributed by atoms with Crippen LogP contribution >= 0.6 is 0 Å². The zero-order valence-corrected chi connectivity index (χ0v) is 54.1. The maximum Gasteiger partial charge on any atom is 0.306 e. The summed E-state index contributed by atoms with van der Waals surface area (Å²) in [6.07, 6.45) is 86.3. The van der Waals surface area contributed by atoms with E-state index in [1.54, 1.807) is 0 Å². The molecule has 0 aromatic heterocycles. The average Bonchev–Trinajstić information content (AvgIpc) is 3.46. The van der Waals surface area contributed by atoms with Gasteiger partial charge < -0.3 is 14.2 Å². The zero-order chi connectivity index (χ0) is 57.8. The standard InChI is InChI=1S/C74H138O6/c1-4-7-10-13-16-19-22-25-28-29-30-31-32-33-34-35-36-37-38-39-40-41-42-43-44-45-46-47-50-52-55-58-61-64-67-73(76)79-70-71(80-74(77)68-65-62-59-56-53-49-27-24-21-18-15-12-9-6-3)69-78-72(75)66-63-60-57-54-51-48-26-23-20-17-14-11-8-5-2/h15,18,23-24,26-27,71H,4-14,16-17,19-22,25,28-70H2,1-3H3/b18-15-,26-23-,27-24-. The molecule has 0 fully saturated rings.